The fraction of sp³-hybridized carbons (Fsp3) is 0.450. The topological polar surface area (TPSA) is 71.5 Å². The monoisotopic (exact) mass is 417 g/mol. The van der Waals surface area contributed by atoms with Crippen molar-refractivity contribution in [3.05, 3.63) is 40.4 Å². The predicted molar refractivity (Wildman–Crippen MR) is 111 cm³/mol. The number of carbonyl (C=O) groups excluding carboxylic acids is 2. The highest BCUT2D eigenvalue weighted by Gasteiger charge is 2.25. The molecule has 1 aromatic heterocycles. The molecule has 0 radical (unpaired) electrons. The highest BCUT2D eigenvalue weighted by molar-refractivity contribution is 8.01. The van der Waals surface area contributed by atoms with Crippen molar-refractivity contribution >= 4 is 40.6 Å². The molecule has 4 rings (SSSR count). The average molecular weight is 418 g/mol. The molecule has 2 aliphatic rings. The van der Waals surface area contributed by atoms with E-state index in [1.165, 1.54) is 17.3 Å². The van der Waals surface area contributed by atoms with Gasteiger partial charge in [0.05, 0.1) is 5.75 Å². The number of hydrogen-bond donors (Lipinski definition) is 1. The summed E-state index contributed by atoms with van der Waals surface area (Å²) in [6.45, 7) is 3.91. The van der Waals surface area contributed by atoms with Crippen LogP contribution in [0.3, 0.4) is 0 Å². The second kappa shape index (κ2) is 8.63. The largest absolute Gasteiger partial charge is 0.368 e. The van der Waals surface area contributed by atoms with Crippen LogP contribution in [0, 0.1) is 6.92 Å². The summed E-state index contributed by atoms with van der Waals surface area (Å²) in [4.78, 5) is 31.2. The Hall–Kier alpha value is -1.90. The van der Waals surface area contributed by atoms with Crippen molar-refractivity contribution in [3.63, 3.8) is 0 Å². The van der Waals surface area contributed by atoms with Gasteiger partial charge in [-0.2, -0.15) is 0 Å². The number of aryl methyl sites for hydroxylation is 1. The number of nitrogens with zero attached hydrogens (tertiary/aromatic N) is 2. The van der Waals surface area contributed by atoms with E-state index < -0.39 is 0 Å². The standard InChI is InChI=1S/C20H23N3O3S2/c1-13-11-27-20(21-13)28-12-18(24)23-7-6-14-4-5-16(9-15(14)10-23)22-19(25)17-3-2-8-26-17/h4-5,9,11,17H,2-3,6-8,10,12H2,1H3,(H,22,25)/t17-/m1/s1. The van der Waals surface area contributed by atoms with E-state index in [9.17, 15) is 9.59 Å². The molecule has 0 unspecified atom stereocenters. The summed E-state index contributed by atoms with van der Waals surface area (Å²) in [6, 6.07) is 5.97. The van der Waals surface area contributed by atoms with Crippen LogP contribution in [0.2, 0.25) is 0 Å². The number of ether oxygens (including phenoxy) is 1. The molecule has 6 nitrogen and oxygen atoms in total. The van der Waals surface area contributed by atoms with Crippen LogP contribution >= 0.6 is 23.1 Å². The first-order valence-corrected chi connectivity index (χ1v) is 11.3. The molecule has 0 spiro atoms. The Morgan fingerprint density at radius 1 is 1.39 bits per heavy atom. The van der Waals surface area contributed by atoms with Crippen molar-refractivity contribution in [2.45, 2.75) is 43.2 Å². The highest BCUT2D eigenvalue weighted by atomic mass is 32.2. The van der Waals surface area contributed by atoms with Crippen LogP contribution in [0.4, 0.5) is 5.69 Å². The second-order valence-electron chi connectivity index (χ2n) is 7.08. The Balaban J connectivity index is 1.36. The minimum Gasteiger partial charge on any atom is -0.368 e. The molecule has 8 heteroatoms. The number of rotatable bonds is 5. The number of carbonyl (C=O) groups is 2. The normalized spacial score (nSPS) is 18.8. The zero-order chi connectivity index (χ0) is 19.5. The first-order valence-electron chi connectivity index (χ1n) is 9.45. The summed E-state index contributed by atoms with van der Waals surface area (Å²) in [5, 5.41) is 4.95. The molecule has 1 aromatic carbocycles. The van der Waals surface area contributed by atoms with Crippen LogP contribution in [0.5, 0.6) is 0 Å². The number of fused-ring (bicyclic) bond motifs is 1. The molecule has 1 fully saturated rings. The first-order chi connectivity index (χ1) is 13.6. The van der Waals surface area contributed by atoms with Gasteiger partial charge in [0.15, 0.2) is 4.34 Å². The SMILES string of the molecule is Cc1csc(SCC(=O)N2CCc3ccc(NC(=O)[C@H]4CCCO4)cc3C2)n1. The third-order valence-corrected chi connectivity index (χ3v) is 7.10. The number of thiazole rings is 1. The lowest BCUT2D eigenvalue weighted by Gasteiger charge is -2.29. The summed E-state index contributed by atoms with van der Waals surface area (Å²) in [6.07, 6.45) is 2.19. The molecular formula is C20H23N3O3S2. The quantitative estimate of drug-likeness (QED) is 0.756. The van der Waals surface area contributed by atoms with E-state index in [0.29, 0.717) is 18.9 Å². The first kappa shape index (κ1) is 19.4. The van der Waals surface area contributed by atoms with Gasteiger partial charge in [-0.15, -0.1) is 11.3 Å². The summed E-state index contributed by atoms with van der Waals surface area (Å²) >= 11 is 3.07. The third kappa shape index (κ3) is 4.56. The van der Waals surface area contributed by atoms with Gasteiger partial charge in [0.2, 0.25) is 5.91 Å². The fourth-order valence-corrected chi connectivity index (χ4v) is 5.22. The number of anilines is 1. The third-order valence-electron chi connectivity index (χ3n) is 4.98. The molecule has 2 aromatic rings. The van der Waals surface area contributed by atoms with Crippen molar-refractivity contribution in [2.24, 2.45) is 0 Å². The molecule has 148 valence electrons. The second-order valence-corrected chi connectivity index (χ2v) is 9.16. The predicted octanol–water partition coefficient (Wildman–Crippen LogP) is 3.25. The zero-order valence-electron chi connectivity index (χ0n) is 15.8. The lowest BCUT2D eigenvalue weighted by atomic mass is 9.99. The maximum Gasteiger partial charge on any atom is 0.253 e. The molecule has 2 amide bonds. The van der Waals surface area contributed by atoms with Crippen molar-refractivity contribution in [3.8, 4) is 0 Å². The van der Waals surface area contributed by atoms with Gasteiger partial charge in [-0.3, -0.25) is 9.59 Å². The molecule has 1 atom stereocenters. The van der Waals surface area contributed by atoms with Crippen LogP contribution in [-0.4, -0.2) is 46.7 Å². The van der Waals surface area contributed by atoms with Gasteiger partial charge in [-0.05, 0) is 49.4 Å². The maximum absolute atomic E-state index is 12.6. The van der Waals surface area contributed by atoms with E-state index in [4.69, 9.17) is 4.74 Å². The molecule has 1 N–H and O–H groups in total. The Labute approximate surface area is 172 Å². The van der Waals surface area contributed by atoms with E-state index >= 15 is 0 Å². The van der Waals surface area contributed by atoms with E-state index in [1.807, 2.05) is 29.3 Å². The minimum atomic E-state index is -0.347. The smallest absolute Gasteiger partial charge is 0.253 e. The molecule has 1 saturated heterocycles. The molecule has 0 saturated carbocycles. The number of thioether (sulfide) groups is 1. The van der Waals surface area contributed by atoms with Gasteiger partial charge < -0.3 is 15.0 Å². The summed E-state index contributed by atoms with van der Waals surface area (Å²) in [5.41, 5.74) is 4.09. The average Bonchev–Trinajstić information content (AvgIpc) is 3.37. The summed E-state index contributed by atoms with van der Waals surface area (Å²) < 4.78 is 6.37. The lowest BCUT2D eigenvalue weighted by molar-refractivity contribution is -0.129. The van der Waals surface area contributed by atoms with Gasteiger partial charge in [0, 0.05) is 36.5 Å². The molecule has 0 bridgehead atoms. The Kier molecular flexibility index (Phi) is 5.99. The van der Waals surface area contributed by atoms with Crippen LogP contribution in [0.15, 0.2) is 27.9 Å². The number of benzene rings is 1. The number of aromatic nitrogens is 1. The van der Waals surface area contributed by atoms with Gasteiger partial charge >= 0.3 is 0 Å². The maximum atomic E-state index is 12.6. The van der Waals surface area contributed by atoms with Crippen LogP contribution < -0.4 is 5.32 Å². The van der Waals surface area contributed by atoms with Gasteiger partial charge in [0.25, 0.3) is 5.91 Å². The van der Waals surface area contributed by atoms with Crippen molar-refractivity contribution < 1.29 is 14.3 Å². The minimum absolute atomic E-state index is 0.0867. The van der Waals surface area contributed by atoms with Crippen molar-refractivity contribution in [2.75, 3.05) is 24.2 Å². The summed E-state index contributed by atoms with van der Waals surface area (Å²) in [5.74, 6) is 0.436. The number of nitrogens with one attached hydrogen (secondary N) is 1. The molecular weight excluding hydrogens is 394 g/mol. The molecule has 3 heterocycles. The summed E-state index contributed by atoms with van der Waals surface area (Å²) in [7, 11) is 0. The van der Waals surface area contributed by atoms with Gasteiger partial charge in [-0.1, -0.05) is 17.8 Å². The Bertz CT molecular complexity index is 877. The van der Waals surface area contributed by atoms with Gasteiger partial charge in [0.1, 0.15) is 6.10 Å². The van der Waals surface area contributed by atoms with Crippen LogP contribution in [0.1, 0.15) is 29.7 Å². The Morgan fingerprint density at radius 2 is 2.29 bits per heavy atom. The van der Waals surface area contributed by atoms with E-state index in [0.717, 1.165) is 47.1 Å². The zero-order valence-corrected chi connectivity index (χ0v) is 17.4. The van der Waals surface area contributed by atoms with Crippen molar-refractivity contribution in [1.82, 2.24) is 9.88 Å². The highest BCUT2D eigenvalue weighted by Crippen LogP contribution is 2.26. The van der Waals surface area contributed by atoms with E-state index in [-0.39, 0.29) is 17.9 Å². The van der Waals surface area contributed by atoms with E-state index in [1.54, 1.807) is 11.3 Å². The van der Waals surface area contributed by atoms with Crippen molar-refractivity contribution in [1.29, 1.82) is 0 Å². The molecule has 28 heavy (non-hydrogen) atoms. The molecule has 0 aliphatic carbocycles. The Morgan fingerprint density at radius 3 is 3.04 bits per heavy atom. The lowest BCUT2D eigenvalue weighted by Crippen LogP contribution is -2.37. The fourth-order valence-electron chi connectivity index (χ4n) is 3.47. The van der Waals surface area contributed by atoms with Crippen LogP contribution in [-0.2, 0) is 27.3 Å². The van der Waals surface area contributed by atoms with Crippen LogP contribution in [0.25, 0.3) is 0 Å². The number of amides is 2. The number of hydrogen-bond acceptors (Lipinski definition) is 6. The van der Waals surface area contributed by atoms with Gasteiger partial charge in [-0.25, -0.2) is 4.98 Å². The van der Waals surface area contributed by atoms with E-state index in [2.05, 4.69) is 16.4 Å². The molecule has 2 aliphatic heterocycles.